The fourth-order valence-electron chi connectivity index (χ4n) is 6.38. The van der Waals surface area contributed by atoms with Crippen LogP contribution in [0.1, 0.15) is 89.5 Å². The zero-order valence-corrected chi connectivity index (χ0v) is 33.6. The van der Waals surface area contributed by atoms with Crippen LogP contribution >= 0.6 is 23.2 Å². The molecule has 0 N–H and O–H groups in total. The summed E-state index contributed by atoms with van der Waals surface area (Å²) in [5, 5.41) is 1.21. The quantitative estimate of drug-likeness (QED) is 0.0636. The average molecular weight is 777 g/mol. The van der Waals surface area contributed by atoms with Crippen LogP contribution in [-0.2, 0) is 20.7 Å². The number of rotatable bonds is 23. The number of piperazine rings is 1. The molecule has 2 aromatic rings. The smallest absolute Gasteiger partial charge is 0.307 e. The maximum Gasteiger partial charge on any atom is 0.307 e. The van der Waals surface area contributed by atoms with E-state index >= 15 is 0 Å². The fraction of sp³-hybridized carbons (Fsp3) is 0.467. The van der Waals surface area contributed by atoms with Gasteiger partial charge < -0.3 is 14.4 Å². The molecule has 0 aliphatic carbocycles. The highest BCUT2D eigenvalue weighted by molar-refractivity contribution is 6.43. The Labute approximate surface area is 334 Å². The molecule has 4 rings (SSSR count). The third kappa shape index (κ3) is 15.5. The number of esters is 1. The van der Waals surface area contributed by atoms with Gasteiger partial charge in [-0.05, 0) is 94.5 Å². The van der Waals surface area contributed by atoms with Crippen molar-refractivity contribution in [3.05, 3.63) is 113 Å². The van der Waals surface area contributed by atoms with E-state index in [4.69, 9.17) is 32.7 Å². The second-order valence-electron chi connectivity index (χ2n) is 13.7. The maximum atomic E-state index is 12.8. The Morgan fingerprint density at radius 3 is 2.11 bits per heavy atom. The van der Waals surface area contributed by atoms with Crippen LogP contribution < -0.4 is 14.5 Å². The Morgan fingerprint density at radius 2 is 1.43 bits per heavy atom. The first-order chi connectivity index (χ1) is 26.5. The predicted molar refractivity (Wildman–Crippen MR) is 226 cm³/mol. The monoisotopic (exact) mass is 775 g/mol. The molecule has 7 nitrogen and oxygen atoms in total. The zero-order chi connectivity index (χ0) is 38.2. The first kappa shape index (κ1) is 43.0. The molecule has 1 amide bonds. The van der Waals surface area contributed by atoms with Gasteiger partial charge in [-0.3, -0.25) is 19.4 Å². The van der Waals surface area contributed by atoms with Crippen molar-refractivity contribution in [1.29, 1.82) is 0 Å². The van der Waals surface area contributed by atoms with Gasteiger partial charge in [0.25, 0.3) is 0 Å². The molecule has 2 aromatic carbocycles. The lowest BCUT2D eigenvalue weighted by Crippen LogP contribution is -2.46. The first-order valence-corrected chi connectivity index (χ1v) is 20.6. The third-order valence-electron chi connectivity index (χ3n) is 9.52. The van der Waals surface area contributed by atoms with Gasteiger partial charge in [0.1, 0.15) is 5.75 Å². The third-order valence-corrected chi connectivity index (χ3v) is 10.3. The van der Waals surface area contributed by atoms with Gasteiger partial charge in [-0.25, -0.2) is 0 Å². The molecule has 0 unspecified atom stereocenters. The first-order valence-electron chi connectivity index (χ1n) is 19.8. The van der Waals surface area contributed by atoms with Crippen molar-refractivity contribution in [2.75, 3.05) is 55.9 Å². The summed E-state index contributed by atoms with van der Waals surface area (Å²) >= 11 is 12.6. The van der Waals surface area contributed by atoms with Gasteiger partial charge in [0, 0.05) is 45.1 Å². The molecule has 2 aliphatic rings. The highest BCUT2D eigenvalue weighted by Gasteiger charge is 2.26. The second-order valence-corrected chi connectivity index (χ2v) is 14.5. The van der Waals surface area contributed by atoms with Crippen LogP contribution in [0.4, 0.5) is 11.4 Å². The van der Waals surface area contributed by atoms with E-state index in [-0.39, 0.29) is 18.6 Å². The van der Waals surface area contributed by atoms with E-state index in [0.717, 1.165) is 107 Å². The van der Waals surface area contributed by atoms with Crippen molar-refractivity contribution in [2.24, 2.45) is 0 Å². The molecule has 0 radical (unpaired) electrons. The fourth-order valence-corrected chi connectivity index (χ4v) is 6.80. The molecule has 0 aromatic heterocycles. The molecule has 2 heterocycles. The summed E-state index contributed by atoms with van der Waals surface area (Å²) in [5.74, 6) is 0.387. The van der Waals surface area contributed by atoms with Crippen LogP contribution in [0.25, 0.3) is 0 Å². The number of nitrogens with zero attached hydrogens (tertiary/aromatic N) is 3. The van der Waals surface area contributed by atoms with Crippen molar-refractivity contribution < 1.29 is 19.1 Å². The van der Waals surface area contributed by atoms with Gasteiger partial charge in [0.05, 0.1) is 28.0 Å². The molecule has 1 fully saturated rings. The Kier molecular flexibility index (Phi) is 20.1. The minimum Gasteiger partial charge on any atom is -0.494 e. The van der Waals surface area contributed by atoms with Crippen molar-refractivity contribution in [1.82, 2.24) is 4.90 Å². The number of carbonyl (C=O) groups excluding carboxylic acids is 2. The number of amides is 1. The van der Waals surface area contributed by atoms with Gasteiger partial charge in [-0.15, -0.1) is 0 Å². The molecule has 54 heavy (non-hydrogen) atoms. The molecule has 2 aliphatic heterocycles. The Hall–Kier alpha value is -3.78. The molecule has 292 valence electrons. The van der Waals surface area contributed by atoms with Gasteiger partial charge in [-0.1, -0.05) is 109 Å². The van der Waals surface area contributed by atoms with Crippen LogP contribution in [0.3, 0.4) is 0 Å². The minimum absolute atomic E-state index is 0.0423. The molecule has 0 saturated carbocycles. The van der Waals surface area contributed by atoms with E-state index in [1.807, 2.05) is 36.4 Å². The summed E-state index contributed by atoms with van der Waals surface area (Å²) in [7, 11) is 0. The number of aryl methyl sites for hydroxylation is 1. The molecular weight excluding hydrogens is 717 g/mol. The number of fused-ring (bicyclic) bond motifs is 1. The summed E-state index contributed by atoms with van der Waals surface area (Å²) in [6, 6.07) is 11.7. The maximum absolute atomic E-state index is 12.8. The van der Waals surface area contributed by atoms with E-state index in [1.54, 1.807) is 4.90 Å². The van der Waals surface area contributed by atoms with E-state index in [2.05, 4.69) is 77.5 Å². The van der Waals surface area contributed by atoms with Crippen LogP contribution in [0.5, 0.6) is 5.75 Å². The number of benzene rings is 2. The van der Waals surface area contributed by atoms with Gasteiger partial charge in [-0.2, -0.15) is 0 Å². The number of hydrogen-bond donors (Lipinski definition) is 0. The van der Waals surface area contributed by atoms with Crippen LogP contribution in [-0.4, -0.2) is 62.8 Å². The standard InChI is InChI=1S/C45H59Cl2N3O4/c1-2-3-4-5-6-7-8-9-10-11-12-13-14-15-16-17-18-19-25-44(52)54-37-50-42-36-39(28-26-38(42)27-29-43(50)51)53-35-21-20-30-48-31-33-49(34-32-48)41-24-22-23-40(46)45(41)47/h4-5,7-8,10-11,13-14,16-17,22-24,26,28,36H,2-3,6,9,12,15,18-21,25,27,29-35,37H2,1H3. The number of halogens is 2. The summed E-state index contributed by atoms with van der Waals surface area (Å²) in [6.07, 6.45) is 32.9. The summed E-state index contributed by atoms with van der Waals surface area (Å²) < 4.78 is 11.7. The van der Waals surface area contributed by atoms with Crippen molar-refractivity contribution in [3.8, 4) is 5.75 Å². The number of hydrogen-bond acceptors (Lipinski definition) is 6. The lowest BCUT2D eigenvalue weighted by atomic mass is 10.0. The van der Waals surface area contributed by atoms with Crippen LogP contribution in [0.15, 0.2) is 97.2 Å². The number of carbonyl (C=O) groups is 2. The zero-order valence-electron chi connectivity index (χ0n) is 32.1. The van der Waals surface area contributed by atoms with Gasteiger partial charge >= 0.3 is 5.97 Å². The molecule has 1 saturated heterocycles. The summed E-state index contributed by atoms with van der Waals surface area (Å²) in [4.78, 5) is 31.7. The molecule has 0 atom stereocenters. The van der Waals surface area contributed by atoms with Crippen LogP contribution in [0, 0.1) is 0 Å². The Morgan fingerprint density at radius 1 is 0.759 bits per heavy atom. The minimum atomic E-state index is -0.292. The van der Waals surface area contributed by atoms with Gasteiger partial charge in [0.2, 0.25) is 5.91 Å². The predicted octanol–water partition coefficient (Wildman–Crippen LogP) is 11.1. The Balaban J connectivity index is 1.06. The number of unbranched alkanes of at least 4 members (excludes halogenated alkanes) is 3. The summed E-state index contributed by atoms with van der Waals surface area (Å²) in [5.41, 5.74) is 2.83. The van der Waals surface area contributed by atoms with E-state index in [9.17, 15) is 9.59 Å². The number of anilines is 2. The highest BCUT2D eigenvalue weighted by atomic mass is 35.5. The van der Waals surface area contributed by atoms with Crippen molar-refractivity contribution >= 4 is 46.5 Å². The SMILES string of the molecule is CCCC=CCC=CCC=CCC=CCC=CCCCC(=O)OCN1C(=O)CCc2ccc(OCCCCN3CCN(c4cccc(Cl)c4Cl)CC3)cc21. The normalized spacial score (nSPS) is 15.5. The van der Waals surface area contributed by atoms with Crippen molar-refractivity contribution in [3.63, 3.8) is 0 Å². The summed E-state index contributed by atoms with van der Waals surface area (Å²) in [6.45, 7) is 7.52. The van der Waals surface area contributed by atoms with E-state index in [1.165, 1.54) is 6.42 Å². The number of ether oxygens (including phenoxy) is 2. The molecular formula is C45H59Cl2N3O4. The topological polar surface area (TPSA) is 62.3 Å². The highest BCUT2D eigenvalue weighted by Crippen LogP contribution is 2.33. The largest absolute Gasteiger partial charge is 0.494 e. The van der Waals surface area contributed by atoms with Gasteiger partial charge in [0.15, 0.2) is 6.73 Å². The van der Waals surface area contributed by atoms with E-state index < -0.39 is 0 Å². The lowest BCUT2D eigenvalue weighted by molar-refractivity contribution is -0.144. The van der Waals surface area contributed by atoms with Crippen LogP contribution in [0.2, 0.25) is 10.0 Å². The second kappa shape index (κ2) is 25.3. The Bertz CT molecular complexity index is 1590. The molecule has 0 spiro atoms. The average Bonchev–Trinajstić information content (AvgIpc) is 3.18. The molecule has 9 heteroatoms. The number of allylic oxidation sites excluding steroid dienone is 10. The van der Waals surface area contributed by atoms with E-state index in [0.29, 0.717) is 42.3 Å². The van der Waals surface area contributed by atoms with Crippen molar-refractivity contribution in [2.45, 2.75) is 90.4 Å². The molecule has 0 bridgehead atoms. The lowest BCUT2D eigenvalue weighted by Gasteiger charge is -2.36.